The lowest BCUT2D eigenvalue weighted by Gasteiger charge is -2.00. The number of aromatic nitrogens is 5. The summed E-state index contributed by atoms with van der Waals surface area (Å²) >= 11 is 3.21. The van der Waals surface area contributed by atoms with E-state index < -0.39 is 0 Å². The summed E-state index contributed by atoms with van der Waals surface area (Å²) in [5, 5.41) is 15.4. The van der Waals surface area contributed by atoms with Gasteiger partial charge in [-0.15, -0.1) is 21.5 Å². The Balaban J connectivity index is 1.66. The molecule has 0 saturated carbocycles. The average Bonchev–Trinajstić information content (AvgIpc) is 3.17. The van der Waals surface area contributed by atoms with E-state index in [9.17, 15) is 0 Å². The molecule has 22 heavy (non-hydrogen) atoms. The fourth-order valence-electron chi connectivity index (χ4n) is 1.97. The SMILES string of the molecule is CC(C)Cc1nc(CSc2nnc(-c3cccs3)n2C)no1. The molecule has 8 heteroatoms. The average molecular weight is 335 g/mol. The second kappa shape index (κ2) is 6.62. The van der Waals surface area contributed by atoms with Crippen LogP contribution < -0.4 is 0 Å². The summed E-state index contributed by atoms with van der Waals surface area (Å²) in [5.74, 6) is 3.40. The Hall–Kier alpha value is -1.67. The van der Waals surface area contributed by atoms with Crippen LogP contribution in [0.25, 0.3) is 10.7 Å². The van der Waals surface area contributed by atoms with Gasteiger partial charge >= 0.3 is 0 Å². The molecule has 0 bridgehead atoms. The molecule has 0 fully saturated rings. The number of nitrogens with zero attached hydrogens (tertiary/aromatic N) is 5. The van der Waals surface area contributed by atoms with Crippen molar-refractivity contribution in [1.82, 2.24) is 24.9 Å². The van der Waals surface area contributed by atoms with Crippen LogP contribution in [0.3, 0.4) is 0 Å². The monoisotopic (exact) mass is 335 g/mol. The minimum atomic E-state index is 0.507. The van der Waals surface area contributed by atoms with Gasteiger partial charge in [0.1, 0.15) is 0 Å². The maximum absolute atomic E-state index is 5.24. The number of thioether (sulfide) groups is 1. The van der Waals surface area contributed by atoms with Gasteiger partial charge in [0.2, 0.25) is 5.89 Å². The Kier molecular flexibility index (Phi) is 4.58. The summed E-state index contributed by atoms with van der Waals surface area (Å²) < 4.78 is 7.23. The van der Waals surface area contributed by atoms with Gasteiger partial charge in [0.25, 0.3) is 0 Å². The second-order valence-corrected chi connectivity index (χ2v) is 7.22. The number of rotatable bonds is 6. The zero-order chi connectivity index (χ0) is 15.5. The lowest BCUT2D eigenvalue weighted by molar-refractivity contribution is 0.360. The normalized spacial score (nSPS) is 11.5. The highest BCUT2D eigenvalue weighted by Crippen LogP contribution is 2.27. The van der Waals surface area contributed by atoms with Crippen LogP contribution in [0.4, 0.5) is 0 Å². The van der Waals surface area contributed by atoms with E-state index in [1.807, 2.05) is 29.1 Å². The van der Waals surface area contributed by atoms with Crippen molar-refractivity contribution in [2.45, 2.75) is 31.2 Å². The molecular weight excluding hydrogens is 318 g/mol. The van der Waals surface area contributed by atoms with Crippen LogP contribution in [0.2, 0.25) is 0 Å². The Morgan fingerprint density at radius 1 is 1.36 bits per heavy atom. The van der Waals surface area contributed by atoms with E-state index in [0.717, 1.165) is 22.3 Å². The van der Waals surface area contributed by atoms with Gasteiger partial charge in [-0.05, 0) is 17.4 Å². The van der Waals surface area contributed by atoms with Crippen molar-refractivity contribution >= 4 is 23.1 Å². The third kappa shape index (κ3) is 3.38. The van der Waals surface area contributed by atoms with Crippen molar-refractivity contribution in [3.05, 3.63) is 29.2 Å². The highest BCUT2D eigenvalue weighted by molar-refractivity contribution is 7.98. The van der Waals surface area contributed by atoms with Crippen LogP contribution >= 0.6 is 23.1 Å². The van der Waals surface area contributed by atoms with E-state index in [-0.39, 0.29) is 0 Å². The zero-order valence-corrected chi connectivity index (χ0v) is 14.3. The second-order valence-electron chi connectivity index (χ2n) is 5.33. The minimum Gasteiger partial charge on any atom is -0.339 e. The lowest BCUT2D eigenvalue weighted by Crippen LogP contribution is -1.95. The van der Waals surface area contributed by atoms with E-state index in [0.29, 0.717) is 23.4 Å². The standard InChI is InChI=1S/C14H17N5OS2/c1-9(2)7-12-15-11(18-20-12)8-22-14-17-16-13(19(14)3)10-5-4-6-21-10/h4-6,9H,7-8H2,1-3H3. The Morgan fingerprint density at radius 3 is 2.95 bits per heavy atom. The summed E-state index contributed by atoms with van der Waals surface area (Å²) in [6.45, 7) is 4.26. The molecule has 3 heterocycles. The molecule has 0 spiro atoms. The molecule has 3 rings (SSSR count). The van der Waals surface area contributed by atoms with Crippen LogP contribution in [-0.2, 0) is 19.2 Å². The Labute approximate surface area is 137 Å². The molecule has 0 N–H and O–H groups in total. The largest absolute Gasteiger partial charge is 0.339 e. The molecule has 0 saturated heterocycles. The van der Waals surface area contributed by atoms with Crippen LogP contribution in [0.5, 0.6) is 0 Å². The maximum atomic E-state index is 5.24. The van der Waals surface area contributed by atoms with Gasteiger partial charge in [-0.1, -0.05) is 36.8 Å². The molecule has 0 aliphatic carbocycles. The lowest BCUT2D eigenvalue weighted by atomic mass is 10.1. The van der Waals surface area contributed by atoms with Gasteiger partial charge in [-0.2, -0.15) is 4.98 Å². The van der Waals surface area contributed by atoms with E-state index in [2.05, 4.69) is 34.2 Å². The maximum Gasteiger partial charge on any atom is 0.226 e. The van der Waals surface area contributed by atoms with Crippen molar-refractivity contribution in [1.29, 1.82) is 0 Å². The van der Waals surface area contributed by atoms with Crippen molar-refractivity contribution in [2.24, 2.45) is 13.0 Å². The summed E-state index contributed by atoms with van der Waals surface area (Å²) in [7, 11) is 1.97. The van der Waals surface area contributed by atoms with Crippen molar-refractivity contribution < 1.29 is 4.52 Å². The summed E-state index contributed by atoms with van der Waals surface area (Å²) in [4.78, 5) is 5.51. The van der Waals surface area contributed by atoms with Crippen LogP contribution in [0, 0.1) is 5.92 Å². The number of hydrogen-bond donors (Lipinski definition) is 0. The summed E-state index contributed by atoms with van der Waals surface area (Å²) in [6.07, 6.45) is 0.810. The van der Waals surface area contributed by atoms with Gasteiger partial charge in [-0.25, -0.2) is 0 Å². The van der Waals surface area contributed by atoms with Gasteiger partial charge in [0.15, 0.2) is 16.8 Å². The van der Waals surface area contributed by atoms with Crippen molar-refractivity contribution in [3.63, 3.8) is 0 Å². The first-order valence-corrected chi connectivity index (χ1v) is 8.87. The van der Waals surface area contributed by atoms with E-state index in [1.165, 1.54) is 0 Å². The molecule has 0 unspecified atom stereocenters. The predicted molar refractivity (Wildman–Crippen MR) is 86.7 cm³/mol. The first-order chi connectivity index (χ1) is 10.6. The number of hydrogen-bond acceptors (Lipinski definition) is 7. The van der Waals surface area contributed by atoms with Gasteiger partial charge in [0, 0.05) is 13.5 Å². The molecule has 3 aromatic rings. The summed E-state index contributed by atoms with van der Waals surface area (Å²) in [6, 6.07) is 4.05. The third-order valence-electron chi connectivity index (χ3n) is 3.00. The molecule has 3 aromatic heterocycles. The van der Waals surface area contributed by atoms with Crippen LogP contribution in [-0.4, -0.2) is 24.9 Å². The Morgan fingerprint density at radius 2 is 2.23 bits per heavy atom. The molecule has 0 atom stereocenters. The topological polar surface area (TPSA) is 69.6 Å². The molecule has 0 radical (unpaired) electrons. The fraction of sp³-hybridized carbons (Fsp3) is 0.429. The summed E-state index contributed by atoms with van der Waals surface area (Å²) in [5.41, 5.74) is 0. The smallest absolute Gasteiger partial charge is 0.226 e. The van der Waals surface area contributed by atoms with Crippen LogP contribution in [0.1, 0.15) is 25.6 Å². The molecule has 6 nitrogen and oxygen atoms in total. The van der Waals surface area contributed by atoms with Crippen molar-refractivity contribution in [3.8, 4) is 10.7 Å². The quantitative estimate of drug-likeness (QED) is 0.643. The zero-order valence-electron chi connectivity index (χ0n) is 12.7. The first kappa shape index (κ1) is 15.2. The van der Waals surface area contributed by atoms with Crippen LogP contribution in [0.15, 0.2) is 27.2 Å². The highest BCUT2D eigenvalue weighted by Gasteiger charge is 2.14. The molecule has 116 valence electrons. The number of thiophene rings is 1. The first-order valence-electron chi connectivity index (χ1n) is 7.01. The van der Waals surface area contributed by atoms with Gasteiger partial charge in [0.05, 0.1) is 10.6 Å². The van der Waals surface area contributed by atoms with E-state index in [4.69, 9.17) is 4.52 Å². The molecule has 0 aliphatic rings. The fourth-order valence-corrected chi connectivity index (χ4v) is 3.47. The molecule has 0 amide bonds. The molecule has 0 aliphatic heterocycles. The molecular formula is C14H17N5OS2. The minimum absolute atomic E-state index is 0.507. The predicted octanol–water partition coefficient (Wildman–Crippen LogP) is 3.42. The third-order valence-corrected chi connectivity index (χ3v) is 4.88. The van der Waals surface area contributed by atoms with Gasteiger partial charge < -0.3 is 9.09 Å². The van der Waals surface area contributed by atoms with E-state index >= 15 is 0 Å². The van der Waals surface area contributed by atoms with Gasteiger partial charge in [-0.3, -0.25) is 0 Å². The van der Waals surface area contributed by atoms with E-state index in [1.54, 1.807) is 23.1 Å². The Bertz CT molecular complexity index is 732. The van der Waals surface area contributed by atoms with Crippen molar-refractivity contribution in [2.75, 3.05) is 0 Å². The molecule has 0 aromatic carbocycles. The highest BCUT2D eigenvalue weighted by atomic mass is 32.2.